The number of allylic oxidation sites excluding steroid dienone is 10. The molecule has 3 aromatic rings. The molecule has 0 amide bonds. The second kappa shape index (κ2) is 9.28. The second-order valence-corrected chi connectivity index (χ2v) is 7.19. The SMILES string of the molecule is C=CC(=C)Cc1ccc2c3ccccc3n(/C(C=C)=C(\C=C/C)C(/C=C)=C\C)c2c1. The lowest BCUT2D eigenvalue weighted by atomic mass is 10.0. The fourth-order valence-corrected chi connectivity index (χ4v) is 3.92. The molecule has 0 radical (unpaired) electrons. The maximum atomic E-state index is 4.17. The highest BCUT2D eigenvalue weighted by atomic mass is 15.0. The van der Waals surface area contributed by atoms with Crippen LogP contribution in [0.5, 0.6) is 0 Å². The molecule has 1 aromatic heterocycles. The van der Waals surface area contributed by atoms with Crippen molar-refractivity contribution in [2.45, 2.75) is 20.3 Å². The lowest BCUT2D eigenvalue weighted by Gasteiger charge is -2.15. The van der Waals surface area contributed by atoms with Gasteiger partial charge >= 0.3 is 0 Å². The average Bonchev–Trinajstić information content (AvgIpc) is 3.09. The Morgan fingerprint density at radius 2 is 1.63 bits per heavy atom. The van der Waals surface area contributed by atoms with E-state index in [0.717, 1.165) is 39.9 Å². The molecule has 1 heteroatoms. The van der Waals surface area contributed by atoms with Crippen LogP contribution in [0.25, 0.3) is 27.5 Å². The monoisotopic (exact) mass is 391 g/mol. The molecule has 0 spiro atoms. The molecule has 0 aliphatic carbocycles. The van der Waals surface area contributed by atoms with Crippen LogP contribution in [0.1, 0.15) is 19.4 Å². The van der Waals surface area contributed by atoms with Gasteiger partial charge in [0.15, 0.2) is 0 Å². The summed E-state index contributed by atoms with van der Waals surface area (Å²) in [6.07, 6.45) is 12.7. The number of hydrogen-bond donors (Lipinski definition) is 0. The van der Waals surface area contributed by atoms with Gasteiger partial charge in [-0.05, 0) is 49.6 Å². The molecular weight excluding hydrogens is 362 g/mol. The molecule has 0 saturated carbocycles. The van der Waals surface area contributed by atoms with Crippen LogP contribution in [0.4, 0.5) is 0 Å². The van der Waals surface area contributed by atoms with E-state index in [2.05, 4.69) is 91.6 Å². The van der Waals surface area contributed by atoms with Crippen molar-refractivity contribution in [1.29, 1.82) is 0 Å². The first-order chi connectivity index (χ1) is 14.6. The van der Waals surface area contributed by atoms with Crippen molar-refractivity contribution >= 4 is 27.5 Å². The van der Waals surface area contributed by atoms with Gasteiger partial charge in [0.2, 0.25) is 0 Å². The number of hydrogen-bond acceptors (Lipinski definition) is 0. The van der Waals surface area contributed by atoms with Crippen molar-refractivity contribution < 1.29 is 0 Å². The van der Waals surface area contributed by atoms with E-state index in [9.17, 15) is 0 Å². The van der Waals surface area contributed by atoms with Crippen LogP contribution >= 0.6 is 0 Å². The van der Waals surface area contributed by atoms with Crippen molar-refractivity contribution in [1.82, 2.24) is 4.57 Å². The molecule has 0 bridgehead atoms. The number of nitrogens with zero attached hydrogens (tertiary/aromatic N) is 1. The Labute approximate surface area is 180 Å². The van der Waals surface area contributed by atoms with Crippen LogP contribution < -0.4 is 0 Å². The van der Waals surface area contributed by atoms with Gasteiger partial charge in [-0.2, -0.15) is 0 Å². The number of fused-ring (bicyclic) bond motifs is 3. The topological polar surface area (TPSA) is 4.93 Å². The number of para-hydroxylation sites is 1. The fraction of sp³-hybridized carbons (Fsp3) is 0.103. The summed E-state index contributed by atoms with van der Waals surface area (Å²) in [4.78, 5) is 0. The highest BCUT2D eigenvalue weighted by molar-refractivity contribution is 6.11. The first-order valence-corrected chi connectivity index (χ1v) is 10.2. The fourth-order valence-electron chi connectivity index (χ4n) is 3.92. The third kappa shape index (κ3) is 3.79. The highest BCUT2D eigenvalue weighted by Gasteiger charge is 2.16. The smallest absolute Gasteiger partial charge is 0.0544 e. The quantitative estimate of drug-likeness (QED) is 0.341. The minimum atomic E-state index is 0.780. The second-order valence-electron chi connectivity index (χ2n) is 7.19. The van der Waals surface area contributed by atoms with Crippen LogP contribution in [0.3, 0.4) is 0 Å². The minimum absolute atomic E-state index is 0.780. The normalized spacial score (nSPS) is 12.9. The first kappa shape index (κ1) is 21.1. The molecule has 3 rings (SSSR count). The van der Waals surface area contributed by atoms with Crippen LogP contribution in [-0.4, -0.2) is 4.57 Å². The van der Waals surface area contributed by atoms with Crippen molar-refractivity contribution in [2.75, 3.05) is 0 Å². The van der Waals surface area contributed by atoms with E-state index in [0.29, 0.717) is 0 Å². The van der Waals surface area contributed by atoms with Gasteiger partial charge < -0.3 is 4.57 Å². The molecule has 0 unspecified atom stereocenters. The predicted molar refractivity (Wildman–Crippen MR) is 135 cm³/mol. The highest BCUT2D eigenvalue weighted by Crippen LogP contribution is 2.35. The molecule has 2 aromatic carbocycles. The summed E-state index contributed by atoms with van der Waals surface area (Å²) in [5.41, 5.74) is 7.73. The van der Waals surface area contributed by atoms with Gasteiger partial charge in [-0.3, -0.25) is 0 Å². The summed E-state index contributed by atoms with van der Waals surface area (Å²) in [5, 5.41) is 2.44. The van der Waals surface area contributed by atoms with Crippen molar-refractivity contribution in [3.63, 3.8) is 0 Å². The van der Waals surface area contributed by atoms with Gasteiger partial charge in [0.05, 0.1) is 16.7 Å². The zero-order chi connectivity index (χ0) is 21.7. The maximum absolute atomic E-state index is 4.17. The average molecular weight is 392 g/mol. The summed E-state index contributed by atoms with van der Waals surface area (Å²) in [6, 6.07) is 15.2. The maximum Gasteiger partial charge on any atom is 0.0544 e. The van der Waals surface area contributed by atoms with E-state index in [-0.39, 0.29) is 0 Å². The molecular formula is C29H29N. The van der Waals surface area contributed by atoms with Gasteiger partial charge in [0.25, 0.3) is 0 Å². The largest absolute Gasteiger partial charge is 0.309 e. The molecule has 0 N–H and O–H groups in total. The van der Waals surface area contributed by atoms with Gasteiger partial charge in [0.1, 0.15) is 0 Å². The van der Waals surface area contributed by atoms with Crippen LogP contribution in [0.2, 0.25) is 0 Å². The molecule has 1 nitrogen and oxygen atoms in total. The van der Waals surface area contributed by atoms with Gasteiger partial charge in [-0.1, -0.05) is 92.6 Å². The molecule has 0 saturated heterocycles. The van der Waals surface area contributed by atoms with E-state index >= 15 is 0 Å². The molecule has 30 heavy (non-hydrogen) atoms. The molecule has 0 atom stereocenters. The Morgan fingerprint density at radius 1 is 0.900 bits per heavy atom. The summed E-state index contributed by atoms with van der Waals surface area (Å²) >= 11 is 0. The van der Waals surface area contributed by atoms with E-state index in [1.807, 2.05) is 32.1 Å². The summed E-state index contributed by atoms with van der Waals surface area (Å²) in [5.74, 6) is 0. The van der Waals surface area contributed by atoms with Gasteiger partial charge in [-0.15, -0.1) is 0 Å². The lowest BCUT2D eigenvalue weighted by Crippen LogP contribution is -2.00. The Morgan fingerprint density at radius 3 is 2.27 bits per heavy atom. The lowest BCUT2D eigenvalue weighted by molar-refractivity contribution is 1.18. The Hall–Kier alpha value is -3.58. The van der Waals surface area contributed by atoms with E-state index in [4.69, 9.17) is 0 Å². The Balaban J connectivity index is 2.46. The van der Waals surface area contributed by atoms with Gasteiger partial charge in [0, 0.05) is 16.3 Å². The molecule has 0 fully saturated rings. The summed E-state index contributed by atoms with van der Waals surface area (Å²) < 4.78 is 2.31. The van der Waals surface area contributed by atoms with Crippen LogP contribution in [0.15, 0.2) is 122 Å². The van der Waals surface area contributed by atoms with Crippen molar-refractivity contribution in [3.05, 3.63) is 128 Å². The molecule has 0 aliphatic rings. The summed E-state index contributed by atoms with van der Waals surface area (Å²) in [6.45, 7) is 20.2. The van der Waals surface area contributed by atoms with Crippen molar-refractivity contribution in [2.24, 2.45) is 0 Å². The third-order valence-electron chi connectivity index (χ3n) is 5.34. The predicted octanol–water partition coefficient (Wildman–Crippen LogP) is 8.18. The van der Waals surface area contributed by atoms with E-state index in [1.54, 1.807) is 0 Å². The zero-order valence-electron chi connectivity index (χ0n) is 18.0. The van der Waals surface area contributed by atoms with Gasteiger partial charge in [-0.25, -0.2) is 0 Å². The Bertz CT molecular complexity index is 1240. The first-order valence-electron chi connectivity index (χ1n) is 10.2. The third-order valence-corrected chi connectivity index (χ3v) is 5.34. The van der Waals surface area contributed by atoms with Crippen LogP contribution in [0, 0.1) is 0 Å². The number of benzene rings is 2. The standard InChI is InChI=1S/C29H29N/c1-7-14-24(23(9-3)10-4)27(11-5)30-28-16-13-12-15-25(28)26-18-17-22(20-29(26)30)19-21(6)8-2/h7-18,20H,2-3,5-6,19H2,1,4H3/b14-7-,23-10-,27-24+. The van der Waals surface area contributed by atoms with E-state index in [1.165, 1.54) is 16.3 Å². The number of aromatic nitrogens is 1. The Kier molecular flexibility index (Phi) is 6.54. The zero-order valence-corrected chi connectivity index (χ0v) is 18.0. The van der Waals surface area contributed by atoms with Crippen LogP contribution in [-0.2, 0) is 6.42 Å². The summed E-state index contributed by atoms with van der Waals surface area (Å²) in [7, 11) is 0. The van der Waals surface area contributed by atoms with Crippen molar-refractivity contribution in [3.8, 4) is 0 Å². The molecule has 1 heterocycles. The minimum Gasteiger partial charge on any atom is -0.309 e. The molecule has 150 valence electrons. The molecule has 0 aliphatic heterocycles. The van der Waals surface area contributed by atoms with E-state index < -0.39 is 0 Å². The number of rotatable bonds is 8.